The molecule has 2 aromatic rings. The third-order valence-electron chi connectivity index (χ3n) is 4.53. The van der Waals surface area contributed by atoms with E-state index in [2.05, 4.69) is 21.2 Å². The van der Waals surface area contributed by atoms with Crippen molar-refractivity contribution in [2.75, 3.05) is 19.0 Å². The van der Waals surface area contributed by atoms with E-state index in [1.807, 2.05) is 0 Å². The number of ether oxygens (including phenoxy) is 1. The molecule has 1 aliphatic rings. The van der Waals surface area contributed by atoms with Gasteiger partial charge in [-0.1, -0.05) is 22.4 Å². The fourth-order valence-corrected chi connectivity index (χ4v) is 5.02. The van der Waals surface area contributed by atoms with Crippen LogP contribution in [0, 0.1) is 0 Å². The van der Waals surface area contributed by atoms with Crippen molar-refractivity contribution < 1.29 is 17.9 Å². The Morgan fingerprint density at radius 3 is 2.41 bits per heavy atom. The van der Waals surface area contributed by atoms with Crippen molar-refractivity contribution in [2.45, 2.75) is 30.2 Å². The smallest absolute Gasteiger partial charge is 0.243 e. The molecule has 0 saturated carbocycles. The SMILES string of the molecule is COc1ccc(NC(=O)[C@@H]2CCCCN2S(=O)(=O)c2ccc(Br)cc2)cc1. The Balaban J connectivity index is 1.81. The van der Waals surface area contributed by atoms with Gasteiger partial charge >= 0.3 is 0 Å². The summed E-state index contributed by atoms with van der Waals surface area (Å²) in [5, 5.41) is 2.82. The number of piperidine rings is 1. The van der Waals surface area contributed by atoms with Gasteiger partial charge in [0.05, 0.1) is 12.0 Å². The number of amides is 1. The van der Waals surface area contributed by atoms with E-state index in [1.165, 1.54) is 4.31 Å². The zero-order chi connectivity index (χ0) is 19.4. The van der Waals surface area contributed by atoms with Gasteiger partial charge in [0.1, 0.15) is 11.8 Å². The molecule has 8 heteroatoms. The topological polar surface area (TPSA) is 75.7 Å². The van der Waals surface area contributed by atoms with E-state index in [9.17, 15) is 13.2 Å². The van der Waals surface area contributed by atoms with Crippen LogP contribution >= 0.6 is 15.9 Å². The Kier molecular flexibility index (Phi) is 6.18. The van der Waals surface area contributed by atoms with E-state index in [1.54, 1.807) is 55.6 Å². The van der Waals surface area contributed by atoms with E-state index in [0.29, 0.717) is 24.4 Å². The highest BCUT2D eigenvalue weighted by Gasteiger charge is 2.37. The van der Waals surface area contributed by atoms with Crippen molar-refractivity contribution in [3.63, 3.8) is 0 Å². The van der Waals surface area contributed by atoms with Crippen molar-refractivity contribution in [2.24, 2.45) is 0 Å². The van der Waals surface area contributed by atoms with E-state index < -0.39 is 16.1 Å². The summed E-state index contributed by atoms with van der Waals surface area (Å²) in [7, 11) is -2.17. The number of anilines is 1. The molecule has 144 valence electrons. The molecule has 1 aliphatic heterocycles. The maximum atomic E-state index is 13.1. The number of rotatable bonds is 5. The molecular formula is C19H21BrN2O4S. The van der Waals surface area contributed by atoms with Crippen LogP contribution in [0.3, 0.4) is 0 Å². The van der Waals surface area contributed by atoms with Crippen LogP contribution < -0.4 is 10.1 Å². The fraction of sp³-hybridized carbons (Fsp3) is 0.316. The summed E-state index contributed by atoms with van der Waals surface area (Å²) in [6.45, 7) is 0.332. The van der Waals surface area contributed by atoms with Gasteiger partial charge in [0.2, 0.25) is 15.9 Å². The number of sulfonamides is 1. The zero-order valence-corrected chi connectivity index (χ0v) is 17.3. The number of nitrogens with one attached hydrogen (secondary N) is 1. The van der Waals surface area contributed by atoms with Crippen molar-refractivity contribution in [1.29, 1.82) is 0 Å². The van der Waals surface area contributed by atoms with Crippen molar-refractivity contribution >= 4 is 37.5 Å². The number of methoxy groups -OCH3 is 1. The molecule has 0 radical (unpaired) electrons. The van der Waals surface area contributed by atoms with Crippen molar-refractivity contribution in [3.05, 3.63) is 53.0 Å². The van der Waals surface area contributed by atoms with Gasteiger partial charge in [-0.25, -0.2) is 8.42 Å². The molecule has 0 aromatic heterocycles. The first-order chi connectivity index (χ1) is 12.9. The van der Waals surface area contributed by atoms with E-state index in [0.717, 1.165) is 17.3 Å². The number of hydrogen-bond acceptors (Lipinski definition) is 4. The number of carbonyl (C=O) groups excluding carboxylic acids is 1. The van der Waals surface area contributed by atoms with Gasteiger partial charge < -0.3 is 10.1 Å². The molecule has 0 aliphatic carbocycles. The van der Waals surface area contributed by atoms with Crippen LogP contribution in [0.4, 0.5) is 5.69 Å². The molecule has 3 rings (SSSR count). The Hall–Kier alpha value is -1.90. The molecule has 0 bridgehead atoms. The molecular weight excluding hydrogens is 432 g/mol. The number of carbonyl (C=O) groups is 1. The summed E-state index contributed by atoms with van der Waals surface area (Å²) in [5.74, 6) is 0.366. The van der Waals surface area contributed by atoms with Gasteiger partial charge in [0, 0.05) is 16.7 Å². The monoisotopic (exact) mass is 452 g/mol. The standard InChI is InChI=1S/C19H21BrN2O4S/c1-26-16-9-7-15(8-10-16)21-19(23)18-4-2-3-13-22(18)27(24,25)17-11-5-14(20)6-12-17/h5-12,18H,2-4,13H2,1H3,(H,21,23)/t18-/m0/s1. The van der Waals surface area contributed by atoms with Crippen LogP contribution in [-0.2, 0) is 14.8 Å². The summed E-state index contributed by atoms with van der Waals surface area (Å²) in [6, 6.07) is 12.7. The molecule has 0 unspecified atom stereocenters. The second-order valence-corrected chi connectivity index (χ2v) is 9.11. The molecule has 2 aromatic carbocycles. The van der Waals surface area contributed by atoms with Gasteiger partial charge in [-0.05, 0) is 61.4 Å². The number of hydrogen-bond donors (Lipinski definition) is 1. The van der Waals surface area contributed by atoms with Gasteiger partial charge in [-0.15, -0.1) is 0 Å². The normalized spacial score (nSPS) is 18.1. The molecule has 27 heavy (non-hydrogen) atoms. The van der Waals surface area contributed by atoms with Crippen LogP contribution in [0.2, 0.25) is 0 Å². The Labute approximate surface area is 167 Å². The van der Waals surface area contributed by atoms with Gasteiger partial charge in [0.15, 0.2) is 0 Å². The van der Waals surface area contributed by atoms with Crippen molar-refractivity contribution in [1.82, 2.24) is 4.31 Å². The largest absolute Gasteiger partial charge is 0.497 e. The summed E-state index contributed by atoms with van der Waals surface area (Å²) < 4.78 is 33.4. The zero-order valence-electron chi connectivity index (χ0n) is 14.9. The number of nitrogens with zero attached hydrogens (tertiary/aromatic N) is 1. The minimum atomic E-state index is -3.74. The quantitative estimate of drug-likeness (QED) is 0.750. The minimum absolute atomic E-state index is 0.190. The van der Waals surface area contributed by atoms with Gasteiger partial charge in [-0.3, -0.25) is 4.79 Å². The van der Waals surface area contributed by atoms with E-state index in [4.69, 9.17) is 4.74 Å². The summed E-state index contributed by atoms with van der Waals surface area (Å²) in [4.78, 5) is 13.0. The van der Waals surface area contributed by atoms with E-state index in [-0.39, 0.29) is 10.8 Å². The lowest BCUT2D eigenvalue weighted by atomic mass is 10.0. The molecule has 6 nitrogen and oxygen atoms in total. The average molecular weight is 453 g/mol. The van der Waals surface area contributed by atoms with Crippen molar-refractivity contribution in [3.8, 4) is 5.75 Å². The second kappa shape index (κ2) is 8.41. The van der Waals surface area contributed by atoms with Crippen LogP contribution in [0.25, 0.3) is 0 Å². The maximum absolute atomic E-state index is 13.1. The molecule has 0 spiro atoms. The lowest BCUT2D eigenvalue weighted by Crippen LogP contribution is -2.49. The van der Waals surface area contributed by atoms with Gasteiger partial charge in [0.25, 0.3) is 0 Å². The Morgan fingerprint density at radius 2 is 1.78 bits per heavy atom. The molecule has 1 amide bonds. The number of benzene rings is 2. The highest BCUT2D eigenvalue weighted by atomic mass is 79.9. The lowest BCUT2D eigenvalue weighted by Gasteiger charge is -2.33. The molecule has 1 saturated heterocycles. The highest BCUT2D eigenvalue weighted by Crippen LogP contribution is 2.27. The second-order valence-electron chi connectivity index (χ2n) is 6.30. The van der Waals surface area contributed by atoms with Crippen LogP contribution in [-0.4, -0.2) is 38.3 Å². The Bertz CT molecular complexity index is 898. The summed E-state index contributed by atoms with van der Waals surface area (Å²) in [5.41, 5.74) is 0.604. The third-order valence-corrected chi connectivity index (χ3v) is 6.99. The van der Waals surface area contributed by atoms with Crippen LogP contribution in [0.15, 0.2) is 57.9 Å². The highest BCUT2D eigenvalue weighted by molar-refractivity contribution is 9.10. The first-order valence-electron chi connectivity index (χ1n) is 8.64. The van der Waals surface area contributed by atoms with Gasteiger partial charge in [-0.2, -0.15) is 4.31 Å². The summed E-state index contributed by atoms with van der Waals surface area (Å²) in [6.07, 6.45) is 2.05. The average Bonchev–Trinajstić information content (AvgIpc) is 2.69. The lowest BCUT2D eigenvalue weighted by molar-refractivity contribution is -0.120. The summed E-state index contributed by atoms with van der Waals surface area (Å²) >= 11 is 3.31. The molecule has 1 atom stereocenters. The first-order valence-corrected chi connectivity index (χ1v) is 10.9. The van der Waals surface area contributed by atoms with Crippen LogP contribution in [0.5, 0.6) is 5.75 Å². The molecule has 1 fully saturated rings. The molecule has 1 heterocycles. The molecule has 1 N–H and O–H groups in total. The predicted molar refractivity (Wildman–Crippen MR) is 107 cm³/mol. The third kappa shape index (κ3) is 4.51. The fourth-order valence-electron chi connectivity index (χ4n) is 3.10. The maximum Gasteiger partial charge on any atom is 0.243 e. The minimum Gasteiger partial charge on any atom is -0.497 e. The Morgan fingerprint density at radius 1 is 1.11 bits per heavy atom. The number of halogens is 1. The van der Waals surface area contributed by atoms with Crippen LogP contribution in [0.1, 0.15) is 19.3 Å². The first kappa shape index (κ1) is 19.9. The van der Waals surface area contributed by atoms with E-state index >= 15 is 0 Å². The predicted octanol–water partition coefficient (Wildman–Crippen LogP) is 3.64.